The number of rotatable bonds is 9. The Kier molecular flexibility index (Phi) is 7.50. The number of aromatic nitrogens is 2. The molecule has 2 heterocycles. The van der Waals surface area contributed by atoms with Crippen LogP contribution in [0.1, 0.15) is 19.6 Å². The number of aliphatic hydroxyl groups excluding tert-OH is 2. The van der Waals surface area contributed by atoms with Gasteiger partial charge in [0.25, 0.3) is 0 Å². The van der Waals surface area contributed by atoms with Crippen LogP contribution in [0.15, 0.2) is 17.1 Å². The predicted octanol–water partition coefficient (Wildman–Crippen LogP) is -0.895. The summed E-state index contributed by atoms with van der Waals surface area (Å²) >= 11 is 0. The molecule has 0 bridgehead atoms. The van der Waals surface area contributed by atoms with Gasteiger partial charge in [-0.2, -0.15) is 9.29 Å². The van der Waals surface area contributed by atoms with Crippen LogP contribution in [0, 0.1) is 0 Å². The van der Waals surface area contributed by atoms with Crippen LogP contribution in [-0.2, 0) is 27.2 Å². The highest BCUT2D eigenvalue weighted by Crippen LogP contribution is 2.60. The lowest BCUT2D eigenvalue weighted by atomic mass is 10.1. The van der Waals surface area contributed by atoms with Crippen LogP contribution >= 0.6 is 15.6 Å². The van der Waals surface area contributed by atoms with Crippen LogP contribution in [0.25, 0.3) is 0 Å². The molecule has 6 atom stereocenters. The lowest BCUT2D eigenvalue weighted by Crippen LogP contribution is -2.36. The molecule has 1 aliphatic heterocycles. The topological polar surface area (TPSA) is 213 Å². The number of aliphatic hydroxyl groups is 2. The third-order valence-corrected chi connectivity index (χ3v) is 6.16. The Balaban J connectivity index is 2.02. The van der Waals surface area contributed by atoms with Crippen LogP contribution in [0.3, 0.4) is 0 Å². The Hall–Kier alpha value is -1.18. The van der Waals surface area contributed by atoms with E-state index in [1.807, 2.05) is 0 Å². The highest BCUT2D eigenvalue weighted by atomic mass is 31.3. The Morgan fingerprint density at radius 1 is 1.25 bits per heavy atom. The molecule has 0 saturated carbocycles. The van der Waals surface area contributed by atoms with E-state index in [0.717, 1.165) is 4.57 Å². The predicted molar refractivity (Wildman–Crippen MR) is 91.8 cm³/mol. The number of ether oxygens (including phenoxy) is 1. The van der Waals surface area contributed by atoms with Gasteiger partial charge in [0.05, 0.1) is 13.2 Å². The molecule has 0 aromatic carbocycles. The number of phosphoric ester groups is 2. The largest absolute Gasteiger partial charge is 0.481 e. The fraction of sp³-hybridized carbons (Fsp3) is 0.667. The minimum absolute atomic E-state index is 0.0636. The van der Waals surface area contributed by atoms with Gasteiger partial charge in [-0.1, -0.05) is 6.92 Å². The Morgan fingerprint density at radius 2 is 1.89 bits per heavy atom. The molecule has 1 saturated heterocycles. The zero-order chi connectivity index (χ0) is 21.1. The molecular weight excluding hydrogens is 424 g/mol. The SMILES string of the molecule is CCCOP(=O)(O)OP(=O)(O)OC[C@H]1O[C@@H](n2ccc(N)nc2=O)C(O)[C@H]1O. The highest BCUT2D eigenvalue weighted by molar-refractivity contribution is 7.61. The molecule has 1 aromatic heterocycles. The molecule has 0 radical (unpaired) electrons. The van der Waals surface area contributed by atoms with Crippen molar-refractivity contribution in [3.05, 3.63) is 22.7 Å². The number of hydrogen-bond acceptors (Lipinski definition) is 11. The summed E-state index contributed by atoms with van der Waals surface area (Å²) in [4.78, 5) is 34.2. The van der Waals surface area contributed by atoms with Gasteiger partial charge in [0.15, 0.2) is 6.23 Å². The number of nitrogen functional groups attached to an aromatic ring is 1. The number of nitrogens with two attached hydrogens (primary N) is 1. The lowest BCUT2D eigenvalue weighted by Gasteiger charge is -2.19. The second-order valence-corrected chi connectivity index (χ2v) is 8.78. The molecule has 3 unspecified atom stereocenters. The Labute approximate surface area is 158 Å². The average Bonchev–Trinajstić information content (AvgIpc) is 2.86. The average molecular weight is 445 g/mol. The second-order valence-electron chi connectivity index (χ2n) is 5.74. The van der Waals surface area contributed by atoms with Crippen LogP contribution < -0.4 is 11.4 Å². The maximum Gasteiger partial charge on any atom is 0.481 e. The van der Waals surface area contributed by atoms with Gasteiger partial charge in [-0.25, -0.2) is 13.9 Å². The van der Waals surface area contributed by atoms with E-state index in [-0.39, 0.29) is 12.4 Å². The van der Waals surface area contributed by atoms with Crippen LogP contribution in [0.4, 0.5) is 5.82 Å². The van der Waals surface area contributed by atoms with Gasteiger partial charge in [0.1, 0.15) is 24.1 Å². The first kappa shape index (κ1) is 23.1. The van der Waals surface area contributed by atoms with Crippen molar-refractivity contribution in [1.82, 2.24) is 9.55 Å². The number of hydrogen-bond donors (Lipinski definition) is 5. The van der Waals surface area contributed by atoms with Crippen molar-refractivity contribution in [2.24, 2.45) is 0 Å². The molecule has 0 amide bonds. The van der Waals surface area contributed by atoms with Crippen molar-refractivity contribution in [3.63, 3.8) is 0 Å². The maximum atomic E-state index is 11.8. The zero-order valence-electron chi connectivity index (χ0n) is 14.6. The van der Waals surface area contributed by atoms with Gasteiger partial charge < -0.3 is 30.5 Å². The summed E-state index contributed by atoms with van der Waals surface area (Å²) in [6, 6.07) is 1.26. The minimum Gasteiger partial charge on any atom is -0.387 e. The summed E-state index contributed by atoms with van der Waals surface area (Å²) in [7, 11) is -9.92. The van der Waals surface area contributed by atoms with Crippen molar-refractivity contribution >= 4 is 21.5 Å². The first-order valence-corrected chi connectivity index (χ1v) is 11.0. The van der Waals surface area contributed by atoms with Crippen LogP contribution in [0.5, 0.6) is 0 Å². The highest BCUT2D eigenvalue weighted by Gasteiger charge is 2.46. The molecule has 160 valence electrons. The maximum absolute atomic E-state index is 11.8. The van der Waals surface area contributed by atoms with Crippen molar-refractivity contribution in [1.29, 1.82) is 0 Å². The first-order chi connectivity index (χ1) is 13.0. The first-order valence-electron chi connectivity index (χ1n) is 7.98. The van der Waals surface area contributed by atoms with E-state index in [1.54, 1.807) is 6.92 Å². The molecule has 1 aromatic rings. The summed E-state index contributed by atoms with van der Waals surface area (Å²) < 4.78 is 42.5. The molecular formula is C12H21N3O11P2. The van der Waals surface area contributed by atoms with Gasteiger partial charge in [-0.15, -0.1) is 0 Å². The van der Waals surface area contributed by atoms with E-state index in [9.17, 15) is 33.9 Å². The van der Waals surface area contributed by atoms with Crippen molar-refractivity contribution in [2.75, 3.05) is 18.9 Å². The molecule has 0 aliphatic carbocycles. The summed E-state index contributed by atoms with van der Waals surface area (Å²) in [6.07, 6.45) is -4.44. The number of phosphoric acid groups is 2. The Bertz CT molecular complexity index is 833. The standard InChI is InChI=1S/C12H21N3O11P2/c1-2-5-23-27(19,20)26-28(21,22)24-6-7-9(16)10(17)11(25-7)15-4-3-8(13)14-12(15)18/h3-4,7,9-11,16-17H,2,5-6H2,1H3,(H,19,20)(H,21,22)(H2,13,14,18)/t7-,9+,10?,11-/m1/s1. The van der Waals surface area contributed by atoms with E-state index in [2.05, 4.69) is 18.3 Å². The van der Waals surface area contributed by atoms with E-state index in [4.69, 9.17) is 10.5 Å². The second kappa shape index (κ2) is 9.09. The van der Waals surface area contributed by atoms with Crippen LogP contribution in [0.2, 0.25) is 0 Å². The van der Waals surface area contributed by atoms with E-state index in [0.29, 0.717) is 6.42 Å². The summed E-state index contributed by atoms with van der Waals surface area (Å²) in [5.74, 6) is -0.0636. The zero-order valence-corrected chi connectivity index (χ0v) is 16.4. The monoisotopic (exact) mass is 445 g/mol. The quantitative estimate of drug-likeness (QED) is 0.292. The molecule has 1 aliphatic rings. The van der Waals surface area contributed by atoms with Crippen LogP contribution in [-0.4, -0.2) is 61.1 Å². The summed E-state index contributed by atoms with van der Waals surface area (Å²) in [5.41, 5.74) is 4.51. The van der Waals surface area contributed by atoms with Gasteiger partial charge in [-0.3, -0.25) is 13.6 Å². The third-order valence-electron chi connectivity index (χ3n) is 3.53. The van der Waals surface area contributed by atoms with Crippen molar-refractivity contribution < 1.29 is 47.2 Å². The smallest absolute Gasteiger partial charge is 0.387 e. The Morgan fingerprint density at radius 3 is 2.50 bits per heavy atom. The van der Waals surface area contributed by atoms with E-state index >= 15 is 0 Å². The summed E-state index contributed by atoms with van der Waals surface area (Å²) in [5, 5.41) is 20.1. The van der Waals surface area contributed by atoms with E-state index in [1.165, 1.54) is 12.3 Å². The summed E-state index contributed by atoms with van der Waals surface area (Å²) in [6.45, 7) is 0.626. The van der Waals surface area contributed by atoms with E-state index < -0.39 is 52.5 Å². The normalized spacial score (nSPS) is 29.3. The molecule has 14 nitrogen and oxygen atoms in total. The molecule has 28 heavy (non-hydrogen) atoms. The fourth-order valence-corrected chi connectivity index (χ4v) is 4.44. The lowest BCUT2D eigenvalue weighted by molar-refractivity contribution is -0.0542. The molecule has 6 N–H and O–H groups in total. The fourth-order valence-electron chi connectivity index (χ4n) is 2.27. The van der Waals surface area contributed by atoms with Gasteiger partial charge >= 0.3 is 21.3 Å². The van der Waals surface area contributed by atoms with Gasteiger partial charge in [0.2, 0.25) is 0 Å². The number of nitrogens with zero attached hydrogens (tertiary/aromatic N) is 2. The van der Waals surface area contributed by atoms with Crippen molar-refractivity contribution in [3.8, 4) is 0 Å². The molecule has 1 fully saturated rings. The third kappa shape index (κ3) is 5.91. The van der Waals surface area contributed by atoms with Gasteiger partial charge in [0, 0.05) is 6.20 Å². The molecule has 0 spiro atoms. The van der Waals surface area contributed by atoms with Gasteiger partial charge in [-0.05, 0) is 12.5 Å². The number of anilines is 1. The van der Waals surface area contributed by atoms with Crippen molar-refractivity contribution in [2.45, 2.75) is 37.9 Å². The molecule has 2 rings (SSSR count). The minimum atomic E-state index is -5.07. The molecule has 16 heteroatoms.